The first kappa shape index (κ1) is 10.4. The molecule has 0 saturated carbocycles. The summed E-state index contributed by atoms with van der Waals surface area (Å²) in [5, 5.41) is 1.76. The number of pyridine rings is 1. The monoisotopic (exact) mass is 230 g/mol. The number of anilines is 1. The number of ether oxygens (including phenoxy) is 1. The van der Waals surface area contributed by atoms with Crippen molar-refractivity contribution < 1.29 is 4.74 Å². The summed E-state index contributed by atoms with van der Waals surface area (Å²) in [7, 11) is 0. The van der Waals surface area contributed by atoms with Gasteiger partial charge in [0.25, 0.3) is 5.56 Å². The molecule has 1 aliphatic rings. The van der Waals surface area contributed by atoms with Crippen LogP contribution in [0.1, 0.15) is 0 Å². The van der Waals surface area contributed by atoms with Crippen LogP contribution in [-0.2, 0) is 4.74 Å². The third kappa shape index (κ3) is 1.80. The van der Waals surface area contributed by atoms with E-state index in [1.54, 1.807) is 6.20 Å². The van der Waals surface area contributed by atoms with E-state index in [9.17, 15) is 4.79 Å². The molecule has 2 heterocycles. The molecule has 1 aromatic carbocycles. The van der Waals surface area contributed by atoms with E-state index in [4.69, 9.17) is 4.74 Å². The Bertz CT molecular complexity index is 585. The van der Waals surface area contributed by atoms with Gasteiger partial charge in [-0.05, 0) is 6.07 Å². The number of nitrogens with zero attached hydrogens (tertiary/aromatic N) is 1. The number of hydrogen-bond acceptors (Lipinski definition) is 3. The van der Waals surface area contributed by atoms with Crippen LogP contribution < -0.4 is 10.5 Å². The van der Waals surface area contributed by atoms with Gasteiger partial charge in [0, 0.05) is 30.1 Å². The molecule has 0 spiro atoms. The summed E-state index contributed by atoms with van der Waals surface area (Å²) in [6.45, 7) is 3.23. The lowest BCUT2D eigenvalue weighted by atomic mass is 10.1. The Kier molecular flexibility index (Phi) is 2.57. The van der Waals surface area contributed by atoms with Crippen LogP contribution in [0.25, 0.3) is 10.8 Å². The number of H-pyrrole nitrogens is 1. The molecule has 88 valence electrons. The van der Waals surface area contributed by atoms with E-state index in [1.807, 2.05) is 24.3 Å². The van der Waals surface area contributed by atoms with Crippen LogP contribution in [0.3, 0.4) is 0 Å². The van der Waals surface area contributed by atoms with Crippen LogP contribution >= 0.6 is 0 Å². The SMILES string of the molecule is O=c1[nH]cc(N2CCOCC2)c2ccccc12. The van der Waals surface area contributed by atoms with Gasteiger partial charge in [0.15, 0.2) is 0 Å². The van der Waals surface area contributed by atoms with Crippen molar-refractivity contribution in [3.8, 4) is 0 Å². The van der Waals surface area contributed by atoms with Crippen molar-refractivity contribution in [1.29, 1.82) is 0 Å². The quantitative estimate of drug-likeness (QED) is 0.804. The molecular formula is C13H14N2O2. The van der Waals surface area contributed by atoms with Crippen molar-refractivity contribution in [2.75, 3.05) is 31.2 Å². The molecule has 1 fully saturated rings. The van der Waals surface area contributed by atoms with Crippen molar-refractivity contribution in [3.05, 3.63) is 40.8 Å². The van der Waals surface area contributed by atoms with Gasteiger partial charge in [0.2, 0.25) is 0 Å². The lowest BCUT2D eigenvalue weighted by Crippen LogP contribution is -2.36. The Labute approximate surface area is 98.8 Å². The molecule has 2 aromatic rings. The third-order valence-corrected chi connectivity index (χ3v) is 3.14. The van der Waals surface area contributed by atoms with Crippen LogP contribution in [0.2, 0.25) is 0 Å². The highest BCUT2D eigenvalue weighted by molar-refractivity contribution is 5.93. The molecule has 0 atom stereocenters. The molecule has 0 unspecified atom stereocenters. The highest BCUT2D eigenvalue weighted by Crippen LogP contribution is 2.23. The molecule has 0 aliphatic carbocycles. The molecule has 0 bridgehead atoms. The van der Waals surface area contributed by atoms with Gasteiger partial charge < -0.3 is 14.6 Å². The van der Waals surface area contributed by atoms with E-state index in [2.05, 4.69) is 9.88 Å². The van der Waals surface area contributed by atoms with Crippen molar-refractivity contribution in [2.45, 2.75) is 0 Å². The molecule has 4 heteroatoms. The van der Waals surface area contributed by atoms with E-state index in [0.29, 0.717) is 0 Å². The molecule has 17 heavy (non-hydrogen) atoms. The summed E-state index contributed by atoms with van der Waals surface area (Å²) >= 11 is 0. The number of hydrogen-bond donors (Lipinski definition) is 1. The summed E-state index contributed by atoms with van der Waals surface area (Å²) in [5.74, 6) is 0. The first-order chi connectivity index (χ1) is 8.36. The van der Waals surface area contributed by atoms with E-state index in [-0.39, 0.29) is 5.56 Å². The zero-order valence-corrected chi connectivity index (χ0v) is 9.48. The lowest BCUT2D eigenvalue weighted by Gasteiger charge is -2.29. The third-order valence-electron chi connectivity index (χ3n) is 3.14. The van der Waals surface area contributed by atoms with Crippen LogP contribution in [-0.4, -0.2) is 31.3 Å². The van der Waals surface area contributed by atoms with Crippen LogP contribution in [0, 0.1) is 0 Å². The summed E-state index contributed by atoms with van der Waals surface area (Å²) in [4.78, 5) is 16.8. The van der Waals surface area contributed by atoms with E-state index in [1.165, 1.54) is 0 Å². The van der Waals surface area contributed by atoms with Gasteiger partial charge in [-0.1, -0.05) is 18.2 Å². The normalized spacial score (nSPS) is 16.4. The molecule has 0 amide bonds. The number of aromatic amines is 1. The van der Waals surface area contributed by atoms with Crippen LogP contribution in [0.5, 0.6) is 0 Å². The second kappa shape index (κ2) is 4.22. The smallest absolute Gasteiger partial charge is 0.255 e. The molecular weight excluding hydrogens is 216 g/mol. The Balaban J connectivity index is 2.16. The van der Waals surface area contributed by atoms with Crippen LogP contribution in [0.15, 0.2) is 35.3 Å². The predicted octanol–water partition coefficient (Wildman–Crippen LogP) is 1.36. The fraction of sp³-hybridized carbons (Fsp3) is 0.308. The molecule has 1 aromatic heterocycles. The zero-order chi connectivity index (χ0) is 11.7. The highest BCUT2D eigenvalue weighted by atomic mass is 16.5. The van der Waals surface area contributed by atoms with Gasteiger partial charge in [-0.3, -0.25) is 4.79 Å². The van der Waals surface area contributed by atoms with Gasteiger partial charge in [-0.15, -0.1) is 0 Å². The highest BCUT2D eigenvalue weighted by Gasteiger charge is 2.14. The fourth-order valence-electron chi connectivity index (χ4n) is 2.26. The first-order valence-electron chi connectivity index (χ1n) is 5.79. The summed E-state index contributed by atoms with van der Waals surface area (Å²) < 4.78 is 5.34. The maximum Gasteiger partial charge on any atom is 0.255 e. The minimum atomic E-state index is -0.0300. The molecule has 0 radical (unpaired) electrons. The minimum absolute atomic E-state index is 0.0300. The number of aromatic nitrogens is 1. The number of morpholine rings is 1. The topological polar surface area (TPSA) is 45.3 Å². The Morgan fingerprint density at radius 2 is 1.82 bits per heavy atom. The van der Waals surface area contributed by atoms with Gasteiger partial charge in [-0.25, -0.2) is 0 Å². The molecule has 3 rings (SSSR count). The van der Waals surface area contributed by atoms with Crippen molar-refractivity contribution in [2.24, 2.45) is 0 Å². The van der Waals surface area contributed by atoms with Crippen molar-refractivity contribution >= 4 is 16.5 Å². The number of rotatable bonds is 1. The fourth-order valence-corrected chi connectivity index (χ4v) is 2.26. The van der Waals surface area contributed by atoms with E-state index in [0.717, 1.165) is 42.8 Å². The maximum atomic E-state index is 11.7. The second-order valence-corrected chi connectivity index (χ2v) is 4.15. The van der Waals surface area contributed by atoms with E-state index >= 15 is 0 Å². The number of fused-ring (bicyclic) bond motifs is 1. The minimum Gasteiger partial charge on any atom is -0.378 e. The molecule has 1 N–H and O–H groups in total. The van der Waals surface area contributed by atoms with Crippen LogP contribution in [0.4, 0.5) is 5.69 Å². The zero-order valence-electron chi connectivity index (χ0n) is 9.48. The Morgan fingerprint density at radius 1 is 1.12 bits per heavy atom. The van der Waals surface area contributed by atoms with Gasteiger partial charge in [0.1, 0.15) is 0 Å². The van der Waals surface area contributed by atoms with E-state index < -0.39 is 0 Å². The largest absolute Gasteiger partial charge is 0.378 e. The lowest BCUT2D eigenvalue weighted by molar-refractivity contribution is 0.123. The van der Waals surface area contributed by atoms with Gasteiger partial charge in [0.05, 0.1) is 18.9 Å². The van der Waals surface area contributed by atoms with Crippen molar-refractivity contribution in [3.63, 3.8) is 0 Å². The molecule has 1 aliphatic heterocycles. The summed E-state index contributed by atoms with van der Waals surface area (Å²) in [5.41, 5.74) is 1.06. The Hall–Kier alpha value is -1.81. The molecule has 1 saturated heterocycles. The summed E-state index contributed by atoms with van der Waals surface area (Å²) in [6.07, 6.45) is 1.80. The first-order valence-corrected chi connectivity index (χ1v) is 5.79. The maximum absolute atomic E-state index is 11.7. The predicted molar refractivity (Wildman–Crippen MR) is 67.6 cm³/mol. The number of benzene rings is 1. The van der Waals surface area contributed by atoms with Gasteiger partial charge >= 0.3 is 0 Å². The number of nitrogens with one attached hydrogen (secondary N) is 1. The Morgan fingerprint density at radius 3 is 2.59 bits per heavy atom. The second-order valence-electron chi connectivity index (χ2n) is 4.15. The standard InChI is InChI=1S/C13H14N2O2/c16-13-11-4-2-1-3-10(11)12(9-14-13)15-5-7-17-8-6-15/h1-4,9H,5-8H2,(H,14,16). The average Bonchev–Trinajstić information content (AvgIpc) is 2.41. The van der Waals surface area contributed by atoms with Gasteiger partial charge in [-0.2, -0.15) is 0 Å². The molecule has 4 nitrogen and oxygen atoms in total. The van der Waals surface area contributed by atoms with Crippen molar-refractivity contribution in [1.82, 2.24) is 4.98 Å². The average molecular weight is 230 g/mol. The summed E-state index contributed by atoms with van der Waals surface area (Å²) in [6, 6.07) is 7.71.